The molecule has 31 heavy (non-hydrogen) atoms. The predicted octanol–water partition coefficient (Wildman–Crippen LogP) is 4.57. The second-order valence-electron chi connectivity index (χ2n) is 7.51. The van der Waals surface area contributed by atoms with Crippen LogP contribution in [0.25, 0.3) is 22.3 Å². The molecule has 0 fully saturated rings. The first-order chi connectivity index (χ1) is 15.3. The number of benzene rings is 2. The first-order valence-electron chi connectivity index (χ1n) is 10.2. The van der Waals surface area contributed by atoms with Gasteiger partial charge in [-0.15, -0.1) is 0 Å². The number of hydrogen-bond donors (Lipinski definition) is 0. The van der Waals surface area contributed by atoms with E-state index in [0.717, 1.165) is 34.4 Å². The highest BCUT2D eigenvalue weighted by atomic mass is 15.3. The molecule has 0 atom stereocenters. The molecule has 0 bridgehead atoms. The molecule has 0 aliphatic carbocycles. The Morgan fingerprint density at radius 3 is 2.45 bits per heavy atom. The Labute approximate surface area is 180 Å². The average molecular weight is 406 g/mol. The first kappa shape index (κ1) is 18.9. The summed E-state index contributed by atoms with van der Waals surface area (Å²) in [6.45, 7) is 1.46. The van der Waals surface area contributed by atoms with Crippen LogP contribution in [0.1, 0.15) is 11.1 Å². The van der Waals surface area contributed by atoms with Crippen LogP contribution in [0.15, 0.2) is 91.5 Å². The van der Waals surface area contributed by atoms with Crippen LogP contribution in [0.3, 0.4) is 0 Å². The van der Waals surface area contributed by atoms with Gasteiger partial charge in [-0.05, 0) is 29.8 Å². The third-order valence-electron chi connectivity index (χ3n) is 5.18. The quantitative estimate of drug-likeness (QED) is 0.413. The summed E-state index contributed by atoms with van der Waals surface area (Å²) in [4.78, 5) is 15.9. The van der Waals surface area contributed by atoms with Gasteiger partial charge in [-0.1, -0.05) is 42.5 Å². The summed E-state index contributed by atoms with van der Waals surface area (Å²) >= 11 is 0. The molecule has 6 heteroatoms. The molecule has 6 nitrogen and oxygen atoms in total. The predicted molar refractivity (Wildman–Crippen MR) is 123 cm³/mol. The topological polar surface area (TPSA) is 59.7 Å². The third kappa shape index (κ3) is 4.14. The largest absolute Gasteiger partial charge is 0.355 e. The Balaban J connectivity index is 1.44. The molecule has 0 amide bonds. The summed E-state index contributed by atoms with van der Waals surface area (Å²) < 4.78 is 1.97. The zero-order valence-corrected chi connectivity index (χ0v) is 17.3. The maximum Gasteiger partial charge on any atom is 0.162 e. The number of anilines is 1. The third-order valence-corrected chi connectivity index (χ3v) is 5.18. The first-order valence-corrected chi connectivity index (χ1v) is 10.2. The lowest BCUT2D eigenvalue weighted by molar-refractivity contribution is 0.686. The van der Waals surface area contributed by atoms with Crippen LogP contribution in [-0.4, -0.2) is 31.8 Å². The molecule has 5 aromatic rings. The highest BCUT2D eigenvalue weighted by molar-refractivity contribution is 5.90. The molecule has 0 unspecified atom stereocenters. The molecule has 3 heterocycles. The van der Waals surface area contributed by atoms with Crippen LogP contribution in [-0.2, 0) is 13.1 Å². The van der Waals surface area contributed by atoms with Gasteiger partial charge in [0.15, 0.2) is 5.82 Å². The zero-order valence-electron chi connectivity index (χ0n) is 17.3. The lowest BCUT2D eigenvalue weighted by atomic mass is 10.2. The minimum Gasteiger partial charge on any atom is -0.355 e. The number of fused-ring (bicyclic) bond motifs is 1. The van der Waals surface area contributed by atoms with E-state index in [4.69, 9.17) is 9.97 Å². The molecule has 0 saturated carbocycles. The molecule has 0 radical (unpaired) electrons. The number of para-hydroxylation sites is 1. The number of nitrogens with zero attached hydrogens (tertiary/aromatic N) is 6. The van der Waals surface area contributed by atoms with Gasteiger partial charge >= 0.3 is 0 Å². The van der Waals surface area contributed by atoms with E-state index >= 15 is 0 Å². The Bertz CT molecular complexity index is 1300. The zero-order chi connectivity index (χ0) is 21.0. The molecule has 3 aromatic heterocycles. The minimum absolute atomic E-state index is 0.697. The summed E-state index contributed by atoms with van der Waals surface area (Å²) in [5, 5.41) is 5.56. The van der Waals surface area contributed by atoms with Gasteiger partial charge in [0.05, 0.1) is 18.3 Å². The summed E-state index contributed by atoms with van der Waals surface area (Å²) in [7, 11) is 2.06. The summed E-state index contributed by atoms with van der Waals surface area (Å²) in [5.41, 5.74) is 4.23. The van der Waals surface area contributed by atoms with E-state index in [9.17, 15) is 0 Å². The molecule has 0 spiro atoms. The molecule has 5 rings (SSSR count). The molecule has 0 aliphatic heterocycles. The Kier molecular flexibility index (Phi) is 5.10. The fraction of sp³-hybridized carbons (Fsp3) is 0.120. The van der Waals surface area contributed by atoms with Gasteiger partial charge < -0.3 is 4.90 Å². The molecular formula is C25H22N6. The Morgan fingerprint density at radius 2 is 1.61 bits per heavy atom. The second kappa shape index (κ2) is 8.36. The van der Waals surface area contributed by atoms with Crippen molar-refractivity contribution < 1.29 is 0 Å². The van der Waals surface area contributed by atoms with Crippen molar-refractivity contribution in [2.45, 2.75) is 13.1 Å². The van der Waals surface area contributed by atoms with Crippen LogP contribution in [0, 0.1) is 0 Å². The monoisotopic (exact) mass is 406 g/mol. The van der Waals surface area contributed by atoms with Gasteiger partial charge in [0, 0.05) is 48.7 Å². The molecular weight excluding hydrogens is 384 g/mol. The summed E-state index contributed by atoms with van der Waals surface area (Å²) in [6.07, 6.45) is 7.54. The van der Waals surface area contributed by atoms with Crippen LogP contribution < -0.4 is 4.90 Å². The number of hydrogen-bond acceptors (Lipinski definition) is 5. The van der Waals surface area contributed by atoms with Crippen molar-refractivity contribution in [2.24, 2.45) is 0 Å². The number of aromatic nitrogens is 5. The van der Waals surface area contributed by atoms with Crippen LogP contribution >= 0.6 is 0 Å². The molecule has 0 saturated heterocycles. The fourth-order valence-corrected chi connectivity index (χ4v) is 3.67. The van der Waals surface area contributed by atoms with E-state index in [-0.39, 0.29) is 0 Å². The van der Waals surface area contributed by atoms with Crippen molar-refractivity contribution >= 4 is 16.7 Å². The van der Waals surface area contributed by atoms with E-state index < -0.39 is 0 Å². The van der Waals surface area contributed by atoms with E-state index in [1.807, 2.05) is 59.4 Å². The van der Waals surface area contributed by atoms with Gasteiger partial charge in [0.2, 0.25) is 0 Å². The van der Waals surface area contributed by atoms with Crippen LogP contribution in [0.4, 0.5) is 5.82 Å². The maximum atomic E-state index is 4.90. The van der Waals surface area contributed by atoms with Crippen LogP contribution in [0.5, 0.6) is 0 Å². The summed E-state index contributed by atoms with van der Waals surface area (Å²) in [5.74, 6) is 1.59. The lowest BCUT2D eigenvalue weighted by Gasteiger charge is -2.20. The van der Waals surface area contributed by atoms with Gasteiger partial charge in [-0.3, -0.25) is 9.67 Å². The van der Waals surface area contributed by atoms with E-state index in [1.54, 1.807) is 12.4 Å². The standard InChI is InChI=1S/C25H22N6/c1-30(16-20-15-27-31(18-20)17-19-7-3-2-4-8-19)25-22-9-5-6-10-23(22)28-24(29-25)21-11-13-26-14-12-21/h2-15,18H,16-17H2,1H3. The number of pyridine rings is 1. The van der Waals surface area contributed by atoms with Crippen molar-refractivity contribution in [3.05, 3.63) is 103 Å². The molecule has 152 valence electrons. The van der Waals surface area contributed by atoms with Crippen molar-refractivity contribution in [1.29, 1.82) is 0 Å². The Hall–Kier alpha value is -4.06. The minimum atomic E-state index is 0.697. The maximum absolute atomic E-state index is 4.90. The van der Waals surface area contributed by atoms with Gasteiger partial charge in [-0.25, -0.2) is 9.97 Å². The van der Waals surface area contributed by atoms with Crippen molar-refractivity contribution in [3.63, 3.8) is 0 Å². The van der Waals surface area contributed by atoms with Crippen molar-refractivity contribution in [1.82, 2.24) is 24.7 Å². The highest BCUT2D eigenvalue weighted by Gasteiger charge is 2.14. The van der Waals surface area contributed by atoms with E-state index in [2.05, 4.69) is 46.4 Å². The average Bonchev–Trinajstić information content (AvgIpc) is 3.26. The van der Waals surface area contributed by atoms with Crippen molar-refractivity contribution in [3.8, 4) is 11.4 Å². The molecule has 0 aliphatic rings. The molecule has 2 aromatic carbocycles. The number of rotatable bonds is 6. The molecule has 0 N–H and O–H groups in total. The van der Waals surface area contributed by atoms with Gasteiger partial charge in [-0.2, -0.15) is 5.10 Å². The second-order valence-corrected chi connectivity index (χ2v) is 7.51. The van der Waals surface area contributed by atoms with E-state index in [0.29, 0.717) is 12.4 Å². The van der Waals surface area contributed by atoms with Gasteiger partial charge in [0.1, 0.15) is 5.82 Å². The van der Waals surface area contributed by atoms with E-state index in [1.165, 1.54) is 5.56 Å². The normalized spacial score (nSPS) is 11.0. The SMILES string of the molecule is CN(Cc1cnn(Cc2ccccc2)c1)c1nc(-c2ccncc2)nc2ccccc12. The smallest absolute Gasteiger partial charge is 0.162 e. The van der Waals surface area contributed by atoms with Gasteiger partial charge in [0.25, 0.3) is 0 Å². The lowest BCUT2D eigenvalue weighted by Crippen LogP contribution is -2.18. The van der Waals surface area contributed by atoms with Crippen molar-refractivity contribution in [2.75, 3.05) is 11.9 Å². The Morgan fingerprint density at radius 1 is 0.839 bits per heavy atom. The summed E-state index contributed by atoms with van der Waals surface area (Å²) in [6, 6.07) is 22.3. The van der Waals surface area contributed by atoms with Crippen LogP contribution in [0.2, 0.25) is 0 Å². The fourth-order valence-electron chi connectivity index (χ4n) is 3.67. The highest BCUT2D eigenvalue weighted by Crippen LogP contribution is 2.27.